The lowest BCUT2D eigenvalue weighted by molar-refractivity contribution is 0.704. The second-order valence-electron chi connectivity index (χ2n) is 4.93. The second kappa shape index (κ2) is 6.01. The zero-order valence-electron chi connectivity index (χ0n) is 11.4. The summed E-state index contributed by atoms with van der Waals surface area (Å²) in [7, 11) is 0. The Kier molecular flexibility index (Phi) is 3.92. The molecule has 2 heterocycles. The van der Waals surface area contributed by atoms with Gasteiger partial charge in [-0.15, -0.1) is 11.3 Å². The van der Waals surface area contributed by atoms with Gasteiger partial charge in [0.25, 0.3) is 0 Å². The molecule has 0 aliphatic rings. The van der Waals surface area contributed by atoms with E-state index in [0.29, 0.717) is 6.04 Å². The van der Waals surface area contributed by atoms with E-state index < -0.39 is 0 Å². The topological polar surface area (TPSA) is 37.8 Å². The zero-order valence-corrected chi connectivity index (χ0v) is 12.2. The number of aryl methyl sites for hydroxylation is 1. The van der Waals surface area contributed by atoms with Gasteiger partial charge in [0.15, 0.2) is 0 Å². The number of thiophene rings is 1. The van der Waals surface area contributed by atoms with E-state index in [-0.39, 0.29) is 0 Å². The Balaban J connectivity index is 1.64. The average Bonchev–Trinajstić information content (AvgIpc) is 2.96. The summed E-state index contributed by atoms with van der Waals surface area (Å²) in [6, 6.07) is 13.0. The Morgan fingerprint density at radius 1 is 1.15 bits per heavy atom. The number of rotatable bonds is 5. The minimum atomic E-state index is 0.383. The first-order valence-electron chi connectivity index (χ1n) is 6.81. The highest BCUT2D eigenvalue weighted by atomic mass is 32.1. The van der Waals surface area contributed by atoms with E-state index in [2.05, 4.69) is 64.0 Å². The van der Waals surface area contributed by atoms with Crippen molar-refractivity contribution < 1.29 is 0 Å². The van der Waals surface area contributed by atoms with E-state index in [9.17, 15) is 0 Å². The molecular weight excluding hydrogens is 266 g/mol. The fraction of sp³-hybridized carbons (Fsp3) is 0.250. The minimum absolute atomic E-state index is 0.383. The molecule has 0 amide bonds. The van der Waals surface area contributed by atoms with Gasteiger partial charge in [0, 0.05) is 6.04 Å². The normalized spacial score (nSPS) is 12.4. The molecule has 0 spiro atoms. The molecule has 1 N–H and O–H groups in total. The molecule has 3 nitrogen and oxygen atoms in total. The Hall–Kier alpha value is -1.94. The van der Waals surface area contributed by atoms with E-state index in [1.54, 1.807) is 17.7 Å². The Morgan fingerprint density at radius 3 is 2.85 bits per heavy atom. The van der Waals surface area contributed by atoms with Gasteiger partial charge in [0.05, 0.1) is 5.39 Å². The number of aromatic nitrogens is 2. The van der Waals surface area contributed by atoms with E-state index in [1.807, 2.05) is 0 Å². The summed E-state index contributed by atoms with van der Waals surface area (Å²) in [6.45, 7) is 2.20. The van der Waals surface area contributed by atoms with Crippen LogP contribution in [0.15, 0.2) is 48.1 Å². The minimum Gasteiger partial charge on any atom is -0.367 e. The number of anilines is 1. The maximum absolute atomic E-state index is 4.36. The molecule has 0 radical (unpaired) electrons. The van der Waals surface area contributed by atoms with Crippen LogP contribution in [0.2, 0.25) is 0 Å². The predicted octanol–water partition coefficient (Wildman–Crippen LogP) is 4.12. The quantitative estimate of drug-likeness (QED) is 0.765. The van der Waals surface area contributed by atoms with Crippen molar-refractivity contribution in [2.24, 2.45) is 0 Å². The molecule has 102 valence electrons. The molecule has 0 saturated heterocycles. The van der Waals surface area contributed by atoms with E-state index in [1.165, 1.54) is 5.56 Å². The van der Waals surface area contributed by atoms with Crippen LogP contribution in [0.1, 0.15) is 18.9 Å². The maximum atomic E-state index is 4.36. The first-order valence-corrected chi connectivity index (χ1v) is 7.69. The fourth-order valence-corrected chi connectivity index (χ4v) is 2.97. The number of hydrogen-bond donors (Lipinski definition) is 1. The van der Waals surface area contributed by atoms with Crippen LogP contribution in [-0.4, -0.2) is 16.0 Å². The zero-order chi connectivity index (χ0) is 13.8. The Bertz CT molecular complexity index is 678. The van der Waals surface area contributed by atoms with Gasteiger partial charge in [-0.1, -0.05) is 30.3 Å². The largest absolute Gasteiger partial charge is 0.367 e. The third-order valence-corrected chi connectivity index (χ3v) is 4.17. The summed E-state index contributed by atoms with van der Waals surface area (Å²) in [6.07, 6.45) is 3.79. The van der Waals surface area contributed by atoms with Gasteiger partial charge in [-0.2, -0.15) is 0 Å². The molecule has 2 aromatic heterocycles. The van der Waals surface area contributed by atoms with Crippen LogP contribution in [0, 0.1) is 0 Å². The fourth-order valence-electron chi connectivity index (χ4n) is 2.24. The smallest absolute Gasteiger partial charge is 0.138 e. The van der Waals surface area contributed by atoms with Gasteiger partial charge in [-0.25, -0.2) is 9.97 Å². The molecule has 20 heavy (non-hydrogen) atoms. The van der Waals surface area contributed by atoms with Crippen LogP contribution >= 0.6 is 11.3 Å². The average molecular weight is 283 g/mol. The van der Waals surface area contributed by atoms with Gasteiger partial charge in [0.2, 0.25) is 0 Å². The van der Waals surface area contributed by atoms with Crippen LogP contribution in [0.4, 0.5) is 5.82 Å². The molecular formula is C16H17N3S. The highest BCUT2D eigenvalue weighted by molar-refractivity contribution is 7.16. The summed E-state index contributed by atoms with van der Waals surface area (Å²) in [5.74, 6) is 0.941. The van der Waals surface area contributed by atoms with Crippen LogP contribution in [0.3, 0.4) is 0 Å². The molecule has 1 unspecified atom stereocenters. The van der Waals surface area contributed by atoms with Crippen molar-refractivity contribution >= 4 is 27.4 Å². The molecule has 4 heteroatoms. The number of fused-ring (bicyclic) bond motifs is 1. The number of hydrogen-bond acceptors (Lipinski definition) is 4. The van der Waals surface area contributed by atoms with Crippen molar-refractivity contribution in [3.05, 3.63) is 53.7 Å². The Morgan fingerprint density at radius 2 is 2.00 bits per heavy atom. The molecule has 0 fully saturated rings. The second-order valence-corrected chi connectivity index (χ2v) is 5.83. The highest BCUT2D eigenvalue weighted by Crippen LogP contribution is 2.24. The lowest BCUT2D eigenvalue weighted by atomic mass is 10.1. The summed E-state index contributed by atoms with van der Waals surface area (Å²) in [5, 5.41) is 6.67. The standard InChI is InChI=1S/C16H17N3S/c1-12(7-8-13-5-3-2-4-6-13)19-15-14-9-10-20-16(14)18-11-17-15/h2-6,9-12H,7-8H2,1H3,(H,17,18,19). The van der Waals surface area contributed by atoms with Crippen molar-refractivity contribution in [2.75, 3.05) is 5.32 Å². The van der Waals surface area contributed by atoms with E-state index >= 15 is 0 Å². The summed E-state index contributed by atoms with van der Waals surface area (Å²) >= 11 is 1.65. The lowest BCUT2D eigenvalue weighted by Crippen LogP contribution is -2.17. The molecule has 0 aliphatic carbocycles. The number of nitrogens with one attached hydrogen (secondary N) is 1. The van der Waals surface area contributed by atoms with Gasteiger partial charge < -0.3 is 5.32 Å². The number of nitrogens with zero attached hydrogens (tertiary/aromatic N) is 2. The lowest BCUT2D eigenvalue weighted by Gasteiger charge is -2.14. The number of benzene rings is 1. The predicted molar refractivity (Wildman–Crippen MR) is 85.3 cm³/mol. The molecule has 3 aromatic rings. The molecule has 1 aromatic carbocycles. The Labute approximate surface area is 122 Å². The van der Waals surface area contributed by atoms with Gasteiger partial charge in [0.1, 0.15) is 17.0 Å². The van der Waals surface area contributed by atoms with E-state index in [4.69, 9.17) is 0 Å². The van der Waals surface area contributed by atoms with Crippen molar-refractivity contribution in [1.82, 2.24) is 9.97 Å². The molecule has 3 rings (SSSR count). The third kappa shape index (κ3) is 2.96. The van der Waals surface area contributed by atoms with Crippen molar-refractivity contribution in [3.63, 3.8) is 0 Å². The van der Waals surface area contributed by atoms with Crippen LogP contribution < -0.4 is 5.32 Å². The van der Waals surface area contributed by atoms with Crippen molar-refractivity contribution in [1.29, 1.82) is 0 Å². The highest BCUT2D eigenvalue weighted by Gasteiger charge is 2.08. The monoisotopic (exact) mass is 283 g/mol. The van der Waals surface area contributed by atoms with Crippen molar-refractivity contribution in [3.8, 4) is 0 Å². The summed E-state index contributed by atoms with van der Waals surface area (Å²) < 4.78 is 0. The summed E-state index contributed by atoms with van der Waals surface area (Å²) in [5.41, 5.74) is 1.38. The molecule has 1 atom stereocenters. The molecule has 0 bridgehead atoms. The first kappa shape index (κ1) is 13.1. The molecule has 0 aliphatic heterocycles. The van der Waals surface area contributed by atoms with Gasteiger partial charge in [-0.3, -0.25) is 0 Å². The van der Waals surface area contributed by atoms with Gasteiger partial charge >= 0.3 is 0 Å². The summed E-state index contributed by atoms with van der Waals surface area (Å²) in [4.78, 5) is 9.67. The SMILES string of the molecule is CC(CCc1ccccc1)Nc1ncnc2sccc12. The maximum Gasteiger partial charge on any atom is 0.138 e. The van der Waals surface area contributed by atoms with Crippen LogP contribution in [-0.2, 0) is 6.42 Å². The molecule has 0 saturated carbocycles. The third-order valence-electron chi connectivity index (χ3n) is 3.35. The van der Waals surface area contributed by atoms with Gasteiger partial charge in [-0.05, 0) is 36.8 Å². The van der Waals surface area contributed by atoms with Crippen LogP contribution in [0.25, 0.3) is 10.2 Å². The van der Waals surface area contributed by atoms with Crippen LogP contribution in [0.5, 0.6) is 0 Å². The van der Waals surface area contributed by atoms with E-state index in [0.717, 1.165) is 28.9 Å². The van der Waals surface area contributed by atoms with Crippen molar-refractivity contribution in [2.45, 2.75) is 25.8 Å². The first-order chi connectivity index (χ1) is 9.83.